The van der Waals surface area contributed by atoms with Crippen molar-refractivity contribution in [2.24, 2.45) is 0 Å². The Balaban J connectivity index is 1.33. The van der Waals surface area contributed by atoms with Gasteiger partial charge in [-0.15, -0.1) is 0 Å². The van der Waals surface area contributed by atoms with Gasteiger partial charge in [0.15, 0.2) is 5.65 Å². The predicted molar refractivity (Wildman–Crippen MR) is 137 cm³/mol. The molecule has 0 radical (unpaired) electrons. The van der Waals surface area contributed by atoms with Crippen LogP contribution in [0.3, 0.4) is 0 Å². The van der Waals surface area contributed by atoms with E-state index in [1.165, 1.54) is 0 Å². The Labute approximate surface area is 205 Å². The number of aryl methyl sites for hydroxylation is 3. The molecule has 1 fully saturated rings. The van der Waals surface area contributed by atoms with Crippen LogP contribution in [0.5, 0.6) is 0 Å². The smallest absolute Gasteiger partial charge is 0.240 e. The highest BCUT2D eigenvalue weighted by atomic mass is 32.2. The zero-order valence-electron chi connectivity index (χ0n) is 20.2. The minimum Gasteiger partial charge on any atom is -0.367 e. The lowest BCUT2D eigenvalue weighted by molar-refractivity contribution is 0.387. The number of nitrogens with zero attached hydrogens (tertiary/aromatic N) is 4. The molecule has 0 saturated heterocycles. The molecule has 0 spiro atoms. The number of hydrogen-bond acceptors (Lipinski definition) is 6. The Bertz CT molecular complexity index is 1460. The second-order valence-electron chi connectivity index (χ2n) is 9.28. The van der Waals surface area contributed by atoms with Crippen LogP contribution in [0.25, 0.3) is 16.7 Å². The molecule has 5 rings (SSSR count). The van der Waals surface area contributed by atoms with Crippen LogP contribution in [0.15, 0.2) is 59.5 Å². The van der Waals surface area contributed by atoms with Crippen molar-refractivity contribution in [3.05, 3.63) is 71.7 Å². The highest BCUT2D eigenvalue weighted by Gasteiger charge is 2.27. The summed E-state index contributed by atoms with van der Waals surface area (Å²) in [6, 6.07) is 16.9. The standard InChI is InChI=1S/C26H30N6O2S/c1-17-8-7-9-22(16-17)32-26-24(18(2)30-32)25(27-19(3)28-26)29-20-12-14-21(15-13-20)31-35(33,34)23-10-5-4-6-11-23/h4-11,16,20-21,31H,12-15H2,1-3H3,(H,27,28,29). The summed E-state index contributed by atoms with van der Waals surface area (Å²) in [5, 5.41) is 9.31. The van der Waals surface area contributed by atoms with Gasteiger partial charge in [-0.05, 0) is 76.3 Å². The fourth-order valence-corrected chi connectivity index (χ4v) is 6.10. The highest BCUT2D eigenvalue weighted by Crippen LogP contribution is 2.30. The zero-order valence-corrected chi connectivity index (χ0v) is 21.0. The van der Waals surface area contributed by atoms with Crippen LogP contribution in [0.1, 0.15) is 42.8 Å². The van der Waals surface area contributed by atoms with Gasteiger partial charge in [-0.2, -0.15) is 5.10 Å². The summed E-state index contributed by atoms with van der Waals surface area (Å²) in [5.74, 6) is 1.47. The summed E-state index contributed by atoms with van der Waals surface area (Å²) >= 11 is 0. The van der Waals surface area contributed by atoms with Crippen molar-refractivity contribution in [1.82, 2.24) is 24.5 Å². The van der Waals surface area contributed by atoms with E-state index in [0.29, 0.717) is 10.7 Å². The number of hydrogen-bond donors (Lipinski definition) is 2. The summed E-state index contributed by atoms with van der Waals surface area (Å²) in [4.78, 5) is 9.73. The van der Waals surface area contributed by atoms with E-state index < -0.39 is 10.0 Å². The quantitative estimate of drug-likeness (QED) is 0.414. The number of aromatic nitrogens is 4. The van der Waals surface area contributed by atoms with Gasteiger partial charge in [0.25, 0.3) is 0 Å². The van der Waals surface area contributed by atoms with E-state index in [1.54, 1.807) is 24.3 Å². The van der Waals surface area contributed by atoms with E-state index in [0.717, 1.165) is 59.5 Å². The van der Waals surface area contributed by atoms with Crippen LogP contribution < -0.4 is 10.0 Å². The lowest BCUT2D eigenvalue weighted by atomic mass is 9.92. The molecule has 9 heteroatoms. The summed E-state index contributed by atoms with van der Waals surface area (Å²) in [5.41, 5.74) is 3.78. The van der Waals surface area contributed by atoms with Gasteiger partial charge >= 0.3 is 0 Å². The summed E-state index contributed by atoms with van der Waals surface area (Å²) in [6.07, 6.45) is 3.21. The maximum Gasteiger partial charge on any atom is 0.240 e. The highest BCUT2D eigenvalue weighted by molar-refractivity contribution is 7.89. The molecule has 35 heavy (non-hydrogen) atoms. The molecule has 2 N–H and O–H groups in total. The summed E-state index contributed by atoms with van der Waals surface area (Å²) in [7, 11) is -3.51. The zero-order chi connectivity index (χ0) is 24.6. The third-order valence-electron chi connectivity index (χ3n) is 6.50. The van der Waals surface area contributed by atoms with Gasteiger partial charge in [0.05, 0.1) is 21.7 Å². The SMILES string of the molecule is Cc1cccc(-n2nc(C)c3c(NC4CCC(NS(=O)(=O)c5ccccc5)CC4)nc(C)nc32)c1. The first-order chi connectivity index (χ1) is 16.8. The minimum atomic E-state index is -3.51. The van der Waals surface area contributed by atoms with E-state index in [4.69, 9.17) is 15.1 Å². The molecule has 182 valence electrons. The first-order valence-corrected chi connectivity index (χ1v) is 13.4. The number of rotatable bonds is 6. The molecule has 0 unspecified atom stereocenters. The van der Waals surface area contributed by atoms with Gasteiger partial charge in [0.1, 0.15) is 11.6 Å². The molecule has 1 aliphatic carbocycles. The van der Waals surface area contributed by atoms with Gasteiger partial charge in [0.2, 0.25) is 10.0 Å². The average molecular weight is 491 g/mol. The molecule has 2 aromatic carbocycles. The van der Waals surface area contributed by atoms with Crippen LogP contribution in [-0.4, -0.2) is 40.2 Å². The Kier molecular flexibility index (Phi) is 6.29. The third kappa shape index (κ3) is 4.92. The van der Waals surface area contributed by atoms with E-state index in [1.807, 2.05) is 36.7 Å². The number of fused-ring (bicyclic) bond motifs is 1. The molecular formula is C26H30N6O2S. The average Bonchev–Trinajstić information content (AvgIpc) is 3.17. The molecule has 2 aromatic heterocycles. The summed E-state index contributed by atoms with van der Waals surface area (Å²) < 4.78 is 30.1. The van der Waals surface area contributed by atoms with Crippen LogP contribution in [0.4, 0.5) is 5.82 Å². The molecule has 0 atom stereocenters. The van der Waals surface area contributed by atoms with Crippen molar-refractivity contribution in [1.29, 1.82) is 0 Å². The maximum atomic E-state index is 12.7. The van der Waals surface area contributed by atoms with Gasteiger partial charge in [0, 0.05) is 12.1 Å². The number of nitrogens with one attached hydrogen (secondary N) is 2. The largest absolute Gasteiger partial charge is 0.367 e. The molecule has 8 nitrogen and oxygen atoms in total. The van der Waals surface area contributed by atoms with Gasteiger partial charge in [-0.1, -0.05) is 30.3 Å². The van der Waals surface area contributed by atoms with Crippen molar-refractivity contribution in [2.75, 3.05) is 5.32 Å². The number of benzene rings is 2. The Morgan fingerprint density at radius 2 is 1.60 bits per heavy atom. The fraction of sp³-hybridized carbons (Fsp3) is 0.346. The summed E-state index contributed by atoms with van der Waals surface area (Å²) in [6.45, 7) is 5.93. The van der Waals surface area contributed by atoms with Crippen molar-refractivity contribution < 1.29 is 8.42 Å². The van der Waals surface area contributed by atoms with Crippen LogP contribution in [0, 0.1) is 20.8 Å². The molecule has 0 amide bonds. The van der Waals surface area contributed by atoms with E-state index >= 15 is 0 Å². The molecular weight excluding hydrogens is 460 g/mol. The molecule has 0 aliphatic heterocycles. The van der Waals surface area contributed by atoms with Crippen LogP contribution >= 0.6 is 0 Å². The van der Waals surface area contributed by atoms with Crippen molar-refractivity contribution in [3.63, 3.8) is 0 Å². The Morgan fingerprint density at radius 3 is 2.31 bits per heavy atom. The van der Waals surface area contributed by atoms with Crippen molar-refractivity contribution in [2.45, 2.75) is 63.4 Å². The van der Waals surface area contributed by atoms with E-state index in [-0.39, 0.29) is 12.1 Å². The second kappa shape index (κ2) is 9.39. The van der Waals surface area contributed by atoms with Crippen molar-refractivity contribution in [3.8, 4) is 5.69 Å². The first kappa shape index (κ1) is 23.4. The normalized spacial score (nSPS) is 18.6. The van der Waals surface area contributed by atoms with Crippen molar-refractivity contribution >= 4 is 26.9 Å². The maximum absolute atomic E-state index is 12.7. The Hall–Kier alpha value is -3.30. The number of anilines is 1. The van der Waals surface area contributed by atoms with E-state index in [9.17, 15) is 8.42 Å². The van der Waals surface area contributed by atoms with Crippen LogP contribution in [-0.2, 0) is 10.0 Å². The van der Waals surface area contributed by atoms with Gasteiger partial charge < -0.3 is 5.32 Å². The second-order valence-corrected chi connectivity index (χ2v) is 11.0. The first-order valence-electron chi connectivity index (χ1n) is 11.9. The molecule has 4 aromatic rings. The number of sulfonamides is 1. The fourth-order valence-electron chi connectivity index (χ4n) is 4.77. The molecule has 2 heterocycles. The molecule has 0 bridgehead atoms. The minimum absolute atomic E-state index is 0.0729. The topological polar surface area (TPSA) is 102 Å². The molecule has 1 saturated carbocycles. The Morgan fingerprint density at radius 1 is 0.886 bits per heavy atom. The lowest BCUT2D eigenvalue weighted by Crippen LogP contribution is -2.40. The monoisotopic (exact) mass is 490 g/mol. The van der Waals surface area contributed by atoms with E-state index in [2.05, 4.69) is 29.1 Å². The predicted octanol–water partition coefficient (Wildman–Crippen LogP) is 4.44. The van der Waals surface area contributed by atoms with Crippen LogP contribution in [0.2, 0.25) is 0 Å². The van der Waals surface area contributed by atoms with Gasteiger partial charge in [-0.3, -0.25) is 0 Å². The van der Waals surface area contributed by atoms with Gasteiger partial charge in [-0.25, -0.2) is 27.8 Å². The lowest BCUT2D eigenvalue weighted by Gasteiger charge is -2.30. The molecule has 1 aliphatic rings. The third-order valence-corrected chi connectivity index (χ3v) is 8.04.